The molecule has 0 aromatic carbocycles. The molecule has 2 atom stereocenters. The molecule has 2 saturated carbocycles. The van der Waals surface area contributed by atoms with Crippen LogP contribution in [-0.2, 0) is 0 Å². The normalized spacial score (nSPS) is 36.6. The number of hydrogen-bond donors (Lipinski definition) is 1. The van der Waals surface area contributed by atoms with Crippen molar-refractivity contribution in [3.63, 3.8) is 0 Å². The Morgan fingerprint density at radius 2 is 1.68 bits per heavy atom. The lowest BCUT2D eigenvalue weighted by atomic mass is 9.78. The van der Waals surface area contributed by atoms with Crippen molar-refractivity contribution in [1.29, 1.82) is 0 Å². The Morgan fingerprint density at radius 1 is 0.947 bits per heavy atom. The van der Waals surface area contributed by atoms with Crippen LogP contribution in [0.3, 0.4) is 0 Å². The number of hydrogen-bond acceptors (Lipinski definition) is 1. The fourth-order valence-electron chi connectivity index (χ4n) is 4.34. The van der Waals surface area contributed by atoms with Gasteiger partial charge in [0.05, 0.1) is 0 Å². The molecule has 0 spiro atoms. The van der Waals surface area contributed by atoms with Crippen molar-refractivity contribution < 1.29 is 0 Å². The van der Waals surface area contributed by atoms with Gasteiger partial charge in [-0.2, -0.15) is 0 Å². The van der Waals surface area contributed by atoms with E-state index in [1.165, 1.54) is 64.2 Å². The molecule has 1 nitrogen and oxygen atoms in total. The predicted octanol–water partition coefficient (Wildman–Crippen LogP) is 5.15. The Bertz CT molecular complexity index is 240. The molecule has 2 fully saturated rings. The average molecular weight is 265 g/mol. The monoisotopic (exact) mass is 265 g/mol. The summed E-state index contributed by atoms with van der Waals surface area (Å²) in [5, 5.41) is 4.01. The summed E-state index contributed by atoms with van der Waals surface area (Å²) < 4.78 is 0. The maximum Gasteiger partial charge on any atom is 0.00723 e. The van der Waals surface area contributed by atoms with Gasteiger partial charge in [0.2, 0.25) is 0 Å². The maximum atomic E-state index is 4.01. The predicted molar refractivity (Wildman–Crippen MR) is 84.4 cm³/mol. The number of nitrogens with one attached hydrogen (secondary N) is 1. The molecule has 0 saturated heterocycles. The fourth-order valence-corrected chi connectivity index (χ4v) is 4.34. The van der Waals surface area contributed by atoms with E-state index in [9.17, 15) is 0 Å². The number of rotatable bonds is 5. The minimum Gasteiger partial charge on any atom is -0.311 e. The van der Waals surface area contributed by atoms with Crippen molar-refractivity contribution >= 4 is 0 Å². The SMILES string of the molecule is CCCC1CCC(NC2CCCC(C(C)C)C2)CC1. The molecule has 0 aromatic heterocycles. The first-order valence-corrected chi connectivity index (χ1v) is 8.95. The Labute approximate surface area is 120 Å². The second-order valence-electron chi connectivity index (χ2n) is 7.54. The van der Waals surface area contributed by atoms with E-state index in [1.54, 1.807) is 0 Å². The van der Waals surface area contributed by atoms with Gasteiger partial charge in [-0.15, -0.1) is 0 Å². The van der Waals surface area contributed by atoms with Crippen molar-refractivity contribution in [2.24, 2.45) is 17.8 Å². The van der Waals surface area contributed by atoms with Crippen LogP contribution in [0, 0.1) is 17.8 Å². The molecule has 2 aliphatic rings. The molecule has 0 heterocycles. The highest BCUT2D eigenvalue weighted by Crippen LogP contribution is 2.32. The summed E-state index contributed by atoms with van der Waals surface area (Å²) in [5.41, 5.74) is 0. The van der Waals surface area contributed by atoms with Gasteiger partial charge < -0.3 is 5.32 Å². The summed E-state index contributed by atoms with van der Waals surface area (Å²) in [4.78, 5) is 0. The largest absolute Gasteiger partial charge is 0.311 e. The van der Waals surface area contributed by atoms with Crippen molar-refractivity contribution in [2.45, 2.75) is 97.1 Å². The van der Waals surface area contributed by atoms with Gasteiger partial charge in [0.25, 0.3) is 0 Å². The minimum atomic E-state index is 0.828. The third-order valence-electron chi connectivity index (χ3n) is 5.67. The van der Waals surface area contributed by atoms with Gasteiger partial charge in [-0.25, -0.2) is 0 Å². The second kappa shape index (κ2) is 7.67. The molecule has 0 radical (unpaired) electrons. The molecule has 0 amide bonds. The van der Waals surface area contributed by atoms with Crippen LogP contribution in [0.1, 0.15) is 85.0 Å². The van der Waals surface area contributed by atoms with E-state index in [-0.39, 0.29) is 0 Å². The van der Waals surface area contributed by atoms with Crippen LogP contribution in [0.5, 0.6) is 0 Å². The smallest absolute Gasteiger partial charge is 0.00723 e. The Hall–Kier alpha value is -0.0400. The summed E-state index contributed by atoms with van der Waals surface area (Å²) in [6.45, 7) is 7.14. The van der Waals surface area contributed by atoms with Crippen LogP contribution in [0.2, 0.25) is 0 Å². The highest BCUT2D eigenvalue weighted by molar-refractivity contribution is 4.84. The molecule has 2 unspecified atom stereocenters. The highest BCUT2D eigenvalue weighted by Gasteiger charge is 2.27. The molecule has 2 rings (SSSR count). The van der Waals surface area contributed by atoms with E-state index in [0.717, 1.165) is 29.8 Å². The van der Waals surface area contributed by atoms with E-state index < -0.39 is 0 Å². The average Bonchev–Trinajstić information content (AvgIpc) is 2.42. The van der Waals surface area contributed by atoms with E-state index in [1.807, 2.05) is 0 Å². The van der Waals surface area contributed by atoms with Gasteiger partial charge in [-0.05, 0) is 56.3 Å². The van der Waals surface area contributed by atoms with Gasteiger partial charge in [-0.3, -0.25) is 0 Å². The molecule has 112 valence electrons. The standard InChI is InChI=1S/C18H35N/c1-4-6-15-9-11-17(12-10-15)19-18-8-5-7-16(13-18)14(2)3/h14-19H,4-13H2,1-3H3. The Balaban J connectivity index is 1.70. The molecule has 19 heavy (non-hydrogen) atoms. The zero-order chi connectivity index (χ0) is 13.7. The summed E-state index contributed by atoms with van der Waals surface area (Å²) in [7, 11) is 0. The lowest BCUT2D eigenvalue weighted by molar-refractivity contribution is 0.196. The molecule has 0 aromatic rings. The molecule has 0 bridgehead atoms. The first kappa shape index (κ1) is 15.4. The highest BCUT2D eigenvalue weighted by atomic mass is 15.0. The van der Waals surface area contributed by atoms with Crippen LogP contribution in [0.15, 0.2) is 0 Å². The molecule has 2 aliphatic carbocycles. The first-order chi connectivity index (χ1) is 9.19. The summed E-state index contributed by atoms with van der Waals surface area (Å²) >= 11 is 0. The van der Waals surface area contributed by atoms with Crippen molar-refractivity contribution in [1.82, 2.24) is 5.32 Å². The summed E-state index contributed by atoms with van der Waals surface area (Å²) in [5.74, 6) is 2.89. The van der Waals surface area contributed by atoms with Gasteiger partial charge in [0, 0.05) is 12.1 Å². The van der Waals surface area contributed by atoms with Crippen LogP contribution in [-0.4, -0.2) is 12.1 Å². The molecular weight excluding hydrogens is 230 g/mol. The first-order valence-electron chi connectivity index (χ1n) is 8.95. The van der Waals surface area contributed by atoms with Gasteiger partial charge in [0.1, 0.15) is 0 Å². The van der Waals surface area contributed by atoms with Gasteiger partial charge >= 0.3 is 0 Å². The van der Waals surface area contributed by atoms with E-state index in [4.69, 9.17) is 0 Å². The minimum absolute atomic E-state index is 0.828. The van der Waals surface area contributed by atoms with Crippen LogP contribution in [0.25, 0.3) is 0 Å². The van der Waals surface area contributed by atoms with E-state index in [2.05, 4.69) is 26.1 Å². The van der Waals surface area contributed by atoms with Crippen LogP contribution in [0.4, 0.5) is 0 Å². The summed E-state index contributed by atoms with van der Waals surface area (Å²) in [6, 6.07) is 1.66. The zero-order valence-corrected chi connectivity index (χ0v) is 13.5. The molecule has 0 aliphatic heterocycles. The molecule has 1 heteroatoms. The van der Waals surface area contributed by atoms with Crippen molar-refractivity contribution in [3.8, 4) is 0 Å². The van der Waals surface area contributed by atoms with Crippen LogP contribution < -0.4 is 5.32 Å². The third kappa shape index (κ3) is 4.77. The molecule has 1 N–H and O–H groups in total. The van der Waals surface area contributed by atoms with Crippen molar-refractivity contribution in [3.05, 3.63) is 0 Å². The maximum absolute atomic E-state index is 4.01. The summed E-state index contributed by atoms with van der Waals surface area (Å²) in [6.07, 6.45) is 14.5. The van der Waals surface area contributed by atoms with E-state index >= 15 is 0 Å². The second-order valence-corrected chi connectivity index (χ2v) is 7.54. The Kier molecular flexibility index (Phi) is 6.19. The molecular formula is C18H35N. The lowest BCUT2D eigenvalue weighted by Gasteiger charge is -2.37. The van der Waals surface area contributed by atoms with E-state index in [0.29, 0.717) is 0 Å². The third-order valence-corrected chi connectivity index (χ3v) is 5.67. The van der Waals surface area contributed by atoms with Gasteiger partial charge in [0.15, 0.2) is 0 Å². The van der Waals surface area contributed by atoms with Crippen LogP contribution >= 0.6 is 0 Å². The zero-order valence-electron chi connectivity index (χ0n) is 13.5. The van der Waals surface area contributed by atoms with Gasteiger partial charge in [-0.1, -0.05) is 46.5 Å². The fraction of sp³-hybridized carbons (Fsp3) is 1.00. The van der Waals surface area contributed by atoms with Crippen molar-refractivity contribution in [2.75, 3.05) is 0 Å². The quantitative estimate of drug-likeness (QED) is 0.725. The topological polar surface area (TPSA) is 12.0 Å². The Morgan fingerprint density at radius 3 is 2.32 bits per heavy atom. The lowest BCUT2D eigenvalue weighted by Crippen LogP contribution is -2.43.